The molecule has 0 aliphatic carbocycles. The zero-order valence-corrected chi connectivity index (χ0v) is 9.23. The Labute approximate surface area is 94.6 Å². The van der Waals surface area contributed by atoms with Gasteiger partial charge in [-0.2, -0.15) is 0 Å². The molecule has 0 aromatic heterocycles. The van der Waals surface area contributed by atoms with Crippen LogP contribution in [-0.4, -0.2) is 25.0 Å². The number of nitrogens with one attached hydrogen (secondary N) is 1. The maximum atomic E-state index is 11.6. The van der Waals surface area contributed by atoms with Crippen LogP contribution in [0.5, 0.6) is 0 Å². The number of benzene rings is 1. The maximum absolute atomic E-state index is 11.6. The number of hydrogen-bond donors (Lipinski definition) is 1. The zero-order valence-electron chi connectivity index (χ0n) is 9.23. The molecule has 86 valence electrons. The average molecular weight is 221 g/mol. The fraction of sp³-hybridized carbons (Fsp3) is 0.333. The number of hydrogen-bond acceptors (Lipinski definition) is 3. The van der Waals surface area contributed by atoms with E-state index in [0.29, 0.717) is 18.7 Å². The van der Waals surface area contributed by atoms with Crippen molar-refractivity contribution in [2.45, 2.75) is 13.3 Å². The highest BCUT2D eigenvalue weighted by Crippen LogP contribution is 2.01. The molecular formula is C12H15NO3. The van der Waals surface area contributed by atoms with Gasteiger partial charge in [0.1, 0.15) is 0 Å². The van der Waals surface area contributed by atoms with Crippen molar-refractivity contribution in [3.8, 4) is 0 Å². The fourth-order valence-corrected chi connectivity index (χ4v) is 1.23. The van der Waals surface area contributed by atoms with E-state index in [9.17, 15) is 9.59 Å². The van der Waals surface area contributed by atoms with Gasteiger partial charge in [0.25, 0.3) is 0 Å². The number of ketones is 1. The average Bonchev–Trinajstić information content (AvgIpc) is 2.30. The van der Waals surface area contributed by atoms with Crippen molar-refractivity contribution < 1.29 is 14.3 Å². The molecule has 0 bridgehead atoms. The minimum absolute atomic E-state index is 0.0115. The van der Waals surface area contributed by atoms with Crippen molar-refractivity contribution in [3.05, 3.63) is 35.9 Å². The van der Waals surface area contributed by atoms with Crippen LogP contribution in [0.3, 0.4) is 0 Å². The van der Waals surface area contributed by atoms with Gasteiger partial charge in [-0.1, -0.05) is 30.3 Å². The minimum atomic E-state index is -0.483. The molecule has 1 aromatic carbocycles. The normalized spacial score (nSPS) is 9.56. The van der Waals surface area contributed by atoms with E-state index in [0.717, 1.165) is 0 Å². The molecule has 0 saturated heterocycles. The molecule has 1 amide bonds. The lowest BCUT2D eigenvalue weighted by atomic mass is 10.1. The summed E-state index contributed by atoms with van der Waals surface area (Å²) in [5.41, 5.74) is 0.660. The first-order chi connectivity index (χ1) is 7.74. The van der Waals surface area contributed by atoms with E-state index in [4.69, 9.17) is 0 Å². The van der Waals surface area contributed by atoms with Crippen molar-refractivity contribution >= 4 is 11.9 Å². The van der Waals surface area contributed by atoms with Crippen molar-refractivity contribution in [1.82, 2.24) is 5.32 Å². The van der Waals surface area contributed by atoms with Crippen molar-refractivity contribution in [3.63, 3.8) is 0 Å². The molecule has 0 radical (unpaired) electrons. The Hall–Kier alpha value is -1.84. The van der Waals surface area contributed by atoms with Crippen LogP contribution in [0, 0.1) is 0 Å². The second kappa shape index (κ2) is 6.61. The number of carbonyl (C=O) groups is 2. The maximum Gasteiger partial charge on any atom is 0.407 e. The highest BCUT2D eigenvalue weighted by atomic mass is 16.5. The molecule has 1 aromatic rings. The number of ether oxygens (including phenoxy) is 1. The smallest absolute Gasteiger partial charge is 0.407 e. The van der Waals surface area contributed by atoms with Crippen LogP contribution < -0.4 is 5.32 Å². The Morgan fingerprint density at radius 2 is 1.94 bits per heavy atom. The van der Waals surface area contributed by atoms with Gasteiger partial charge in [-0.05, 0) is 6.92 Å². The molecule has 0 atom stereocenters. The first kappa shape index (κ1) is 12.2. The van der Waals surface area contributed by atoms with Crippen LogP contribution in [0.15, 0.2) is 30.3 Å². The summed E-state index contributed by atoms with van der Waals surface area (Å²) in [6, 6.07) is 8.99. The topological polar surface area (TPSA) is 55.4 Å². The van der Waals surface area contributed by atoms with Gasteiger partial charge in [0.15, 0.2) is 5.78 Å². The molecule has 0 unspecified atom stereocenters. The summed E-state index contributed by atoms with van der Waals surface area (Å²) >= 11 is 0. The summed E-state index contributed by atoms with van der Waals surface area (Å²) in [6.07, 6.45) is -0.202. The van der Waals surface area contributed by atoms with Gasteiger partial charge in [-0.3, -0.25) is 4.79 Å². The summed E-state index contributed by atoms with van der Waals surface area (Å²) in [5.74, 6) is 0.0115. The molecule has 0 fully saturated rings. The Balaban J connectivity index is 2.29. The molecule has 1 rings (SSSR count). The molecule has 0 heterocycles. The van der Waals surface area contributed by atoms with Crippen LogP contribution in [0.25, 0.3) is 0 Å². The van der Waals surface area contributed by atoms with Crippen molar-refractivity contribution in [2.75, 3.05) is 13.2 Å². The first-order valence-corrected chi connectivity index (χ1v) is 5.23. The van der Waals surface area contributed by atoms with Gasteiger partial charge in [0.05, 0.1) is 6.61 Å². The molecule has 4 nitrogen and oxygen atoms in total. The highest BCUT2D eigenvalue weighted by Gasteiger charge is 2.05. The van der Waals surface area contributed by atoms with E-state index < -0.39 is 6.09 Å². The third kappa shape index (κ3) is 4.13. The van der Waals surface area contributed by atoms with E-state index in [-0.39, 0.29) is 12.2 Å². The number of rotatable bonds is 5. The summed E-state index contributed by atoms with van der Waals surface area (Å²) in [7, 11) is 0. The predicted octanol–water partition coefficient (Wildman–Crippen LogP) is 2.01. The van der Waals surface area contributed by atoms with E-state index in [1.807, 2.05) is 18.2 Å². The fourth-order valence-electron chi connectivity index (χ4n) is 1.23. The summed E-state index contributed by atoms with van der Waals surface area (Å²) < 4.78 is 4.67. The first-order valence-electron chi connectivity index (χ1n) is 5.23. The Morgan fingerprint density at radius 1 is 1.25 bits per heavy atom. The number of carbonyl (C=O) groups excluding carboxylic acids is 2. The second-order valence-electron chi connectivity index (χ2n) is 3.19. The summed E-state index contributed by atoms with van der Waals surface area (Å²) in [5, 5.41) is 2.50. The SMILES string of the molecule is CCOC(=O)NCCC(=O)c1ccccc1. The van der Waals surface area contributed by atoms with Crippen molar-refractivity contribution in [2.24, 2.45) is 0 Å². The number of alkyl carbamates (subject to hydrolysis) is 1. The molecule has 0 aliphatic rings. The summed E-state index contributed by atoms with van der Waals surface area (Å²) in [4.78, 5) is 22.5. The van der Waals surface area contributed by atoms with E-state index in [2.05, 4.69) is 10.1 Å². The van der Waals surface area contributed by atoms with Crippen LogP contribution >= 0.6 is 0 Å². The highest BCUT2D eigenvalue weighted by molar-refractivity contribution is 5.96. The Kier molecular flexibility index (Phi) is 5.05. The number of amides is 1. The monoisotopic (exact) mass is 221 g/mol. The lowest BCUT2D eigenvalue weighted by Gasteiger charge is -2.04. The molecule has 1 N–H and O–H groups in total. The predicted molar refractivity (Wildman–Crippen MR) is 60.4 cm³/mol. The third-order valence-electron chi connectivity index (χ3n) is 1.99. The van der Waals surface area contributed by atoms with Crippen LogP contribution in [0.4, 0.5) is 4.79 Å². The lowest BCUT2D eigenvalue weighted by Crippen LogP contribution is -2.26. The van der Waals surface area contributed by atoms with Gasteiger partial charge >= 0.3 is 6.09 Å². The van der Waals surface area contributed by atoms with Gasteiger partial charge in [0, 0.05) is 18.5 Å². The zero-order chi connectivity index (χ0) is 11.8. The standard InChI is InChI=1S/C12H15NO3/c1-2-16-12(15)13-9-8-11(14)10-6-4-3-5-7-10/h3-7H,2,8-9H2,1H3,(H,13,15). The molecule has 16 heavy (non-hydrogen) atoms. The molecule has 0 spiro atoms. The summed E-state index contributed by atoms with van der Waals surface area (Å²) in [6.45, 7) is 2.36. The molecule has 0 aliphatic heterocycles. The van der Waals surface area contributed by atoms with Crippen molar-refractivity contribution in [1.29, 1.82) is 0 Å². The van der Waals surface area contributed by atoms with Gasteiger partial charge in [0.2, 0.25) is 0 Å². The van der Waals surface area contributed by atoms with Gasteiger partial charge < -0.3 is 10.1 Å². The third-order valence-corrected chi connectivity index (χ3v) is 1.99. The minimum Gasteiger partial charge on any atom is -0.450 e. The molecule has 4 heteroatoms. The van der Waals surface area contributed by atoms with Gasteiger partial charge in [-0.25, -0.2) is 4.79 Å². The molecular weight excluding hydrogens is 206 g/mol. The van der Waals surface area contributed by atoms with Gasteiger partial charge in [-0.15, -0.1) is 0 Å². The lowest BCUT2D eigenvalue weighted by molar-refractivity contribution is 0.0981. The quantitative estimate of drug-likeness (QED) is 0.774. The Bertz CT molecular complexity index is 349. The van der Waals surface area contributed by atoms with Crippen LogP contribution in [0.2, 0.25) is 0 Å². The number of Topliss-reactive ketones (excluding diaryl/α,β-unsaturated/α-hetero) is 1. The molecule has 0 saturated carbocycles. The van der Waals surface area contributed by atoms with E-state index >= 15 is 0 Å². The van der Waals surface area contributed by atoms with Crippen LogP contribution in [-0.2, 0) is 4.74 Å². The van der Waals surface area contributed by atoms with E-state index in [1.54, 1.807) is 19.1 Å². The van der Waals surface area contributed by atoms with E-state index in [1.165, 1.54) is 0 Å². The van der Waals surface area contributed by atoms with Crippen LogP contribution in [0.1, 0.15) is 23.7 Å². The second-order valence-corrected chi connectivity index (χ2v) is 3.19. The Morgan fingerprint density at radius 3 is 2.56 bits per heavy atom. The largest absolute Gasteiger partial charge is 0.450 e.